The first-order valence-electron chi connectivity index (χ1n) is 14.5. The fraction of sp³-hybridized carbons (Fsp3) is 0.0256. The van der Waals surface area contributed by atoms with Crippen molar-refractivity contribution in [2.24, 2.45) is 0 Å². The maximum Gasteiger partial charge on any atom is 0.0991 e. The molecular weight excluding hydrogens is 557 g/mol. The molecule has 0 bridgehead atoms. The molecule has 8 rings (SSSR count). The zero-order chi connectivity index (χ0) is 29.6. The summed E-state index contributed by atoms with van der Waals surface area (Å²) in [5.41, 5.74) is 12.3. The van der Waals surface area contributed by atoms with Crippen molar-refractivity contribution < 1.29 is 0 Å². The van der Waals surface area contributed by atoms with E-state index in [0.717, 1.165) is 61.8 Å². The Labute approximate surface area is 260 Å². The van der Waals surface area contributed by atoms with Crippen LogP contribution in [-0.2, 0) is 0 Å². The molecule has 0 saturated heterocycles. The van der Waals surface area contributed by atoms with E-state index < -0.39 is 0 Å². The lowest BCUT2D eigenvalue weighted by atomic mass is 9.97. The summed E-state index contributed by atoms with van der Waals surface area (Å²) in [6, 6.07) is 48.5. The Morgan fingerprint density at radius 1 is 0.636 bits per heavy atom. The molecule has 0 aliphatic carbocycles. The van der Waals surface area contributed by atoms with Gasteiger partial charge in [-0.05, 0) is 84.6 Å². The minimum atomic E-state index is 0.633. The number of nitrogens with zero attached hydrogens (tertiary/aromatic N) is 4. The van der Waals surface area contributed by atoms with E-state index in [1.54, 1.807) is 11.3 Å². The van der Waals surface area contributed by atoms with Gasteiger partial charge in [0, 0.05) is 27.1 Å². The summed E-state index contributed by atoms with van der Waals surface area (Å²) < 4.78 is 0. The van der Waals surface area contributed by atoms with Crippen molar-refractivity contribution in [2.75, 3.05) is 9.80 Å². The first-order chi connectivity index (χ1) is 21.7. The summed E-state index contributed by atoms with van der Waals surface area (Å²) in [5, 5.41) is 12.7. The van der Waals surface area contributed by atoms with Crippen LogP contribution in [0.25, 0.3) is 32.6 Å². The highest BCUT2D eigenvalue weighted by atomic mass is 32.1. The molecule has 3 heterocycles. The number of hydrogen-bond donors (Lipinski definition) is 0. The van der Waals surface area contributed by atoms with Crippen LogP contribution < -0.4 is 9.80 Å². The highest BCUT2D eigenvalue weighted by Crippen LogP contribution is 2.55. The van der Waals surface area contributed by atoms with Gasteiger partial charge in [-0.3, -0.25) is 0 Å². The van der Waals surface area contributed by atoms with Gasteiger partial charge in [-0.15, -0.1) is 11.3 Å². The predicted molar refractivity (Wildman–Crippen MR) is 183 cm³/mol. The quantitative estimate of drug-likeness (QED) is 0.207. The number of thiophene rings is 1. The summed E-state index contributed by atoms with van der Waals surface area (Å²) >= 11 is 1.73. The van der Waals surface area contributed by atoms with Gasteiger partial charge in [0.2, 0.25) is 0 Å². The van der Waals surface area contributed by atoms with Crippen LogP contribution in [0.2, 0.25) is 0 Å². The summed E-state index contributed by atoms with van der Waals surface area (Å²) in [5.74, 6) is 0. The summed E-state index contributed by atoms with van der Waals surface area (Å²) in [6.45, 7) is 2.17. The average molecular weight is 583 g/mol. The van der Waals surface area contributed by atoms with E-state index in [2.05, 4.69) is 137 Å². The highest BCUT2D eigenvalue weighted by molar-refractivity contribution is 7.13. The molecule has 0 spiro atoms. The van der Waals surface area contributed by atoms with Crippen molar-refractivity contribution in [1.82, 2.24) is 4.98 Å². The molecule has 0 amide bonds. The standard InChI is InChI=1S/C39H26N4S/c1-26-17-22-36(39-38(26)30(37-16-9-23-44-37)24-31(41-39)28-20-18-27(25-40)19-21-28)43-34-14-7-5-12-32(34)42(29-10-3-2-4-11-29)33-13-6-8-15-35(33)43/h2-24H,1H3. The third-order valence-electron chi connectivity index (χ3n) is 8.23. The smallest absolute Gasteiger partial charge is 0.0991 e. The van der Waals surface area contributed by atoms with Crippen molar-refractivity contribution in [3.63, 3.8) is 0 Å². The first kappa shape index (κ1) is 26.0. The van der Waals surface area contributed by atoms with Crippen molar-refractivity contribution in [2.45, 2.75) is 6.92 Å². The van der Waals surface area contributed by atoms with Crippen LogP contribution in [0.4, 0.5) is 34.1 Å². The van der Waals surface area contributed by atoms with Crippen LogP contribution in [0.15, 0.2) is 139 Å². The largest absolute Gasteiger partial charge is 0.306 e. The Hall–Kier alpha value is -5.70. The lowest BCUT2D eigenvalue weighted by molar-refractivity contribution is 1.17. The van der Waals surface area contributed by atoms with E-state index in [1.165, 1.54) is 10.4 Å². The number of anilines is 6. The lowest BCUT2D eigenvalue weighted by Gasteiger charge is -2.40. The van der Waals surface area contributed by atoms with Gasteiger partial charge < -0.3 is 9.80 Å². The normalized spacial score (nSPS) is 12.1. The molecule has 2 aromatic heterocycles. The van der Waals surface area contributed by atoms with Crippen LogP contribution in [0.3, 0.4) is 0 Å². The molecule has 5 heteroatoms. The minimum absolute atomic E-state index is 0.633. The molecule has 0 N–H and O–H groups in total. The number of pyridine rings is 1. The number of para-hydroxylation sites is 5. The molecule has 1 aliphatic rings. The molecule has 7 aromatic rings. The molecule has 44 heavy (non-hydrogen) atoms. The highest BCUT2D eigenvalue weighted by Gasteiger charge is 2.31. The number of rotatable bonds is 4. The number of nitriles is 1. The van der Waals surface area contributed by atoms with E-state index >= 15 is 0 Å². The number of hydrogen-bond acceptors (Lipinski definition) is 5. The predicted octanol–water partition coefficient (Wildman–Crippen LogP) is 11.1. The van der Waals surface area contributed by atoms with Crippen molar-refractivity contribution in [1.29, 1.82) is 5.26 Å². The van der Waals surface area contributed by atoms with Crippen molar-refractivity contribution in [3.8, 4) is 27.8 Å². The van der Waals surface area contributed by atoms with Crippen molar-refractivity contribution >= 4 is 56.4 Å². The van der Waals surface area contributed by atoms with Crippen LogP contribution in [0, 0.1) is 18.3 Å². The zero-order valence-corrected chi connectivity index (χ0v) is 24.8. The van der Waals surface area contributed by atoms with Crippen LogP contribution in [-0.4, -0.2) is 4.98 Å². The molecule has 5 aromatic carbocycles. The lowest BCUT2D eigenvalue weighted by Crippen LogP contribution is -2.24. The molecule has 0 unspecified atom stereocenters. The fourth-order valence-electron chi connectivity index (χ4n) is 6.22. The topological polar surface area (TPSA) is 43.2 Å². The Kier molecular flexibility index (Phi) is 6.22. The summed E-state index contributed by atoms with van der Waals surface area (Å²) in [6.07, 6.45) is 0. The molecule has 0 atom stereocenters. The maximum atomic E-state index is 9.40. The van der Waals surface area contributed by atoms with Gasteiger partial charge in [-0.2, -0.15) is 5.26 Å². The van der Waals surface area contributed by atoms with Gasteiger partial charge in [0.15, 0.2) is 0 Å². The third-order valence-corrected chi connectivity index (χ3v) is 9.13. The minimum Gasteiger partial charge on any atom is -0.306 e. The molecule has 0 saturated carbocycles. The monoisotopic (exact) mass is 582 g/mol. The van der Waals surface area contributed by atoms with E-state index in [4.69, 9.17) is 4.98 Å². The van der Waals surface area contributed by atoms with Gasteiger partial charge in [-0.25, -0.2) is 4.98 Å². The van der Waals surface area contributed by atoms with Gasteiger partial charge in [0.05, 0.1) is 51.3 Å². The molecule has 208 valence electrons. The van der Waals surface area contributed by atoms with Gasteiger partial charge >= 0.3 is 0 Å². The van der Waals surface area contributed by atoms with Gasteiger partial charge in [0.1, 0.15) is 0 Å². The van der Waals surface area contributed by atoms with Crippen LogP contribution >= 0.6 is 11.3 Å². The fourth-order valence-corrected chi connectivity index (χ4v) is 6.97. The number of aryl methyl sites for hydroxylation is 1. The second-order valence-electron chi connectivity index (χ2n) is 10.8. The molecular formula is C39H26N4S. The summed E-state index contributed by atoms with van der Waals surface area (Å²) in [7, 11) is 0. The third kappa shape index (κ3) is 4.16. The summed E-state index contributed by atoms with van der Waals surface area (Å²) in [4.78, 5) is 11.3. The second kappa shape index (κ2) is 10.5. The number of aromatic nitrogens is 1. The van der Waals surface area contributed by atoms with Crippen molar-refractivity contribution in [3.05, 3.63) is 150 Å². The first-order valence-corrected chi connectivity index (χ1v) is 15.4. The van der Waals surface area contributed by atoms with E-state index in [9.17, 15) is 5.26 Å². The Balaban J connectivity index is 1.43. The van der Waals surface area contributed by atoms with Crippen LogP contribution in [0.5, 0.6) is 0 Å². The number of fused-ring (bicyclic) bond motifs is 3. The van der Waals surface area contributed by atoms with Gasteiger partial charge in [0.25, 0.3) is 0 Å². The van der Waals surface area contributed by atoms with Gasteiger partial charge in [-0.1, -0.05) is 66.7 Å². The Bertz CT molecular complexity index is 2150. The van der Waals surface area contributed by atoms with E-state index in [-0.39, 0.29) is 0 Å². The molecule has 1 aliphatic heterocycles. The molecule has 0 fully saturated rings. The number of benzene rings is 5. The van der Waals surface area contributed by atoms with Crippen LogP contribution in [0.1, 0.15) is 11.1 Å². The van der Waals surface area contributed by atoms with E-state index in [1.807, 2.05) is 24.3 Å². The molecule has 0 radical (unpaired) electrons. The molecule has 4 nitrogen and oxygen atoms in total. The second-order valence-corrected chi connectivity index (χ2v) is 11.8. The SMILES string of the molecule is Cc1ccc(N2c3ccccc3N(c3ccccc3)c3ccccc32)c2nc(-c3ccc(C#N)cc3)cc(-c3cccs3)c12. The zero-order valence-electron chi connectivity index (χ0n) is 24.0. The Morgan fingerprint density at radius 2 is 1.27 bits per heavy atom. The van der Waals surface area contributed by atoms with E-state index in [0.29, 0.717) is 5.56 Å². The Morgan fingerprint density at radius 3 is 1.89 bits per heavy atom. The average Bonchev–Trinajstić information content (AvgIpc) is 3.63. The maximum absolute atomic E-state index is 9.40.